The summed E-state index contributed by atoms with van der Waals surface area (Å²) in [6, 6.07) is 3.56. The predicted molar refractivity (Wildman–Crippen MR) is 68.9 cm³/mol. The van der Waals surface area contributed by atoms with Gasteiger partial charge in [-0.15, -0.1) is 5.10 Å². The first-order valence-electron chi connectivity index (χ1n) is 5.50. The molecule has 0 unspecified atom stereocenters. The van der Waals surface area contributed by atoms with E-state index in [-0.39, 0.29) is 5.91 Å². The Morgan fingerprint density at radius 2 is 2.33 bits per heavy atom. The molecule has 2 aromatic rings. The minimum Gasteiger partial charge on any atom is -0.351 e. The van der Waals surface area contributed by atoms with Gasteiger partial charge in [0, 0.05) is 30.0 Å². The zero-order valence-corrected chi connectivity index (χ0v) is 11.2. The van der Waals surface area contributed by atoms with Gasteiger partial charge in [0.15, 0.2) is 0 Å². The molecule has 2 heterocycles. The van der Waals surface area contributed by atoms with Crippen molar-refractivity contribution >= 4 is 21.8 Å². The van der Waals surface area contributed by atoms with E-state index in [1.807, 2.05) is 0 Å². The van der Waals surface area contributed by atoms with E-state index < -0.39 is 0 Å². The lowest BCUT2D eigenvalue weighted by Gasteiger charge is -2.05. The van der Waals surface area contributed by atoms with Crippen LogP contribution in [0.25, 0.3) is 0 Å². The van der Waals surface area contributed by atoms with E-state index in [1.165, 1.54) is 0 Å². The molecule has 0 saturated heterocycles. The number of halogens is 1. The highest BCUT2D eigenvalue weighted by Gasteiger charge is 2.09. The zero-order valence-electron chi connectivity index (χ0n) is 9.58. The van der Waals surface area contributed by atoms with Crippen LogP contribution in [0.15, 0.2) is 35.2 Å². The third-order valence-corrected chi connectivity index (χ3v) is 2.93. The number of pyridine rings is 1. The van der Waals surface area contributed by atoms with Crippen molar-refractivity contribution in [2.45, 2.75) is 13.0 Å². The molecule has 1 amide bonds. The molecule has 0 aromatic carbocycles. The Bertz CT molecular complexity index is 514. The highest BCUT2D eigenvalue weighted by molar-refractivity contribution is 9.10. The molecule has 6 nitrogen and oxygen atoms in total. The summed E-state index contributed by atoms with van der Waals surface area (Å²) in [7, 11) is 0. The van der Waals surface area contributed by atoms with Gasteiger partial charge in [0.25, 0.3) is 5.91 Å². The van der Waals surface area contributed by atoms with E-state index in [0.29, 0.717) is 16.7 Å². The number of hydrogen-bond donors (Lipinski definition) is 1. The van der Waals surface area contributed by atoms with Crippen molar-refractivity contribution in [1.82, 2.24) is 25.3 Å². The molecular weight excluding hydrogens is 298 g/mol. The summed E-state index contributed by atoms with van der Waals surface area (Å²) in [6.07, 6.45) is 5.80. The van der Waals surface area contributed by atoms with Crippen LogP contribution < -0.4 is 5.32 Å². The summed E-state index contributed by atoms with van der Waals surface area (Å²) in [5.41, 5.74) is 0.401. The molecule has 2 rings (SSSR count). The maximum absolute atomic E-state index is 11.8. The zero-order chi connectivity index (χ0) is 12.8. The molecule has 0 radical (unpaired) electrons. The topological polar surface area (TPSA) is 72.7 Å². The summed E-state index contributed by atoms with van der Waals surface area (Å²) in [5.74, 6) is -0.180. The van der Waals surface area contributed by atoms with Crippen LogP contribution in [0.3, 0.4) is 0 Å². The Hall–Kier alpha value is -1.76. The van der Waals surface area contributed by atoms with Gasteiger partial charge in [-0.05, 0) is 34.5 Å². The Balaban J connectivity index is 1.77. The van der Waals surface area contributed by atoms with Crippen LogP contribution >= 0.6 is 15.9 Å². The Morgan fingerprint density at radius 1 is 1.44 bits per heavy atom. The summed E-state index contributed by atoms with van der Waals surface area (Å²) >= 11 is 3.29. The van der Waals surface area contributed by atoms with Crippen molar-refractivity contribution in [2.24, 2.45) is 0 Å². The van der Waals surface area contributed by atoms with Crippen LogP contribution in [0, 0.1) is 0 Å². The highest BCUT2D eigenvalue weighted by atomic mass is 79.9. The fourth-order valence-electron chi connectivity index (χ4n) is 1.43. The third-order valence-electron chi connectivity index (χ3n) is 2.30. The second-order valence-electron chi connectivity index (χ2n) is 3.61. The molecule has 18 heavy (non-hydrogen) atoms. The van der Waals surface area contributed by atoms with E-state index in [1.54, 1.807) is 35.4 Å². The number of aryl methyl sites for hydroxylation is 1. The molecule has 0 saturated carbocycles. The van der Waals surface area contributed by atoms with Crippen molar-refractivity contribution in [3.63, 3.8) is 0 Å². The first-order chi connectivity index (χ1) is 8.77. The van der Waals surface area contributed by atoms with Crippen LogP contribution in [0.4, 0.5) is 0 Å². The van der Waals surface area contributed by atoms with E-state index >= 15 is 0 Å². The lowest BCUT2D eigenvalue weighted by Crippen LogP contribution is -2.26. The van der Waals surface area contributed by atoms with Gasteiger partial charge in [0.2, 0.25) is 0 Å². The molecule has 94 valence electrons. The number of hydrogen-bond acceptors (Lipinski definition) is 4. The maximum Gasteiger partial charge on any atom is 0.271 e. The first-order valence-corrected chi connectivity index (χ1v) is 6.29. The van der Waals surface area contributed by atoms with Gasteiger partial charge in [-0.2, -0.15) is 0 Å². The molecule has 1 N–H and O–H groups in total. The van der Waals surface area contributed by atoms with Gasteiger partial charge in [-0.3, -0.25) is 9.48 Å². The van der Waals surface area contributed by atoms with Crippen LogP contribution in [0.1, 0.15) is 16.9 Å². The molecule has 0 spiro atoms. The fourth-order valence-corrected chi connectivity index (χ4v) is 1.87. The van der Waals surface area contributed by atoms with E-state index in [0.717, 1.165) is 13.0 Å². The van der Waals surface area contributed by atoms with Gasteiger partial charge in [0.05, 0.1) is 6.20 Å². The number of rotatable bonds is 5. The van der Waals surface area contributed by atoms with Crippen molar-refractivity contribution in [1.29, 1.82) is 0 Å². The minimum absolute atomic E-state index is 0.180. The average Bonchev–Trinajstić information content (AvgIpc) is 2.88. The second-order valence-corrected chi connectivity index (χ2v) is 4.46. The lowest BCUT2D eigenvalue weighted by atomic mass is 10.3. The van der Waals surface area contributed by atoms with Crippen LogP contribution in [0.2, 0.25) is 0 Å². The Labute approximate surface area is 113 Å². The molecular formula is C11H12BrN5O. The molecule has 0 fully saturated rings. The van der Waals surface area contributed by atoms with Crippen molar-refractivity contribution in [3.05, 3.63) is 40.9 Å². The number of aromatic nitrogens is 4. The van der Waals surface area contributed by atoms with Gasteiger partial charge in [-0.25, -0.2) is 4.98 Å². The number of amides is 1. The van der Waals surface area contributed by atoms with Crippen LogP contribution in [0.5, 0.6) is 0 Å². The predicted octanol–water partition coefficient (Wildman–Crippen LogP) is 1.26. The smallest absolute Gasteiger partial charge is 0.271 e. The van der Waals surface area contributed by atoms with E-state index in [4.69, 9.17) is 0 Å². The second kappa shape index (κ2) is 6.25. The fraction of sp³-hybridized carbons (Fsp3) is 0.273. The summed E-state index contributed by atoms with van der Waals surface area (Å²) in [5, 5.41) is 10.4. The molecule has 0 bridgehead atoms. The molecule has 0 atom stereocenters. The normalized spacial score (nSPS) is 10.3. The van der Waals surface area contributed by atoms with E-state index in [2.05, 4.69) is 36.5 Å². The Morgan fingerprint density at radius 3 is 3.06 bits per heavy atom. The average molecular weight is 310 g/mol. The number of carbonyl (C=O) groups excluding carboxylic acids is 1. The summed E-state index contributed by atoms with van der Waals surface area (Å²) in [4.78, 5) is 15.8. The van der Waals surface area contributed by atoms with Gasteiger partial charge >= 0.3 is 0 Å². The highest BCUT2D eigenvalue weighted by Crippen LogP contribution is 2.12. The van der Waals surface area contributed by atoms with Crippen molar-refractivity contribution in [2.75, 3.05) is 6.54 Å². The number of nitrogens with one attached hydrogen (secondary N) is 1. The molecule has 0 aliphatic carbocycles. The minimum atomic E-state index is -0.180. The maximum atomic E-state index is 11.8. The van der Waals surface area contributed by atoms with Crippen LogP contribution in [-0.2, 0) is 6.54 Å². The van der Waals surface area contributed by atoms with Gasteiger partial charge in [-0.1, -0.05) is 5.21 Å². The largest absolute Gasteiger partial charge is 0.351 e. The van der Waals surface area contributed by atoms with Crippen molar-refractivity contribution < 1.29 is 4.79 Å². The molecule has 0 aliphatic heterocycles. The van der Waals surface area contributed by atoms with Crippen molar-refractivity contribution in [3.8, 4) is 0 Å². The lowest BCUT2D eigenvalue weighted by molar-refractivity contribution is 0.0947. The number of nitrogens with zero attached hydrogens (tertiary/aromatic N) is 4. The molecule has 2 aromatic heterocycles. The number of carbonyl (C=O) groups is 1. The first kappa shape index (κ1) is 12.7. The van der Waals surface area contributed by atoms with E-state index in [9.17, 15) is 4.79 Å². The standard InChI is InChI=1S/C11H12BrN5O/c12-9-3-1-4-13-10(9)11(18)14-5-2-7-17-8-6-15-16-17/h1,3-4,6,8H,2,5,7H2,(H,14,18). The third kappa shape index (κ3) is 3.36. The quantitative estimate of drug-likeness (QED) is 0.844. The summed E-state index contributed by atoms with van der Waals surface area (Å²) in [6.45, 7) is 1.30. The summed E-state index contributed by atoms with van der Waals surface area (Å²) < 4.78 is 2.42. The SMILES string of the molecule is O=C(NCCCn1ccnn1)c1ncccc1Br. The Kier molecular flexibility index (Phi) is 4.40. The molecule has 7 heteroatoms. The van der Waals surface area contributed by atoms with Crippen LogP contribution in [-0.4, -0.2) is 32.4 Å². The van der Waals surface area contributed by atoms with Gasteiger partial charge < -0.3 is 5.32 Å². The molecule has 0 aliphatic rings. The monoisotopic (exact) mass is 309 g/mol. The van der Waals surface area contributed by atoms with Gasteiger partial charge in [0.1, 0.15) is 5.69 Å².